The van der Waals surface area contributed by atoms with Gasteiger partial charge in [0.05, 0.1) is 30.8 Å². The van der Waals surface area contributed by atoms with Gasteiger partial charge in [-0.2, -0.15) is 15.0 Å². The number of aliphatic hydroxyl groups is 2. The molecule has 2 aliphatic rings. The fourth-order valence-corrected chi connectivity index (χ4v) is 6.54. The van der Waals surface area contributed by atoms with Crippen molar-refractivity contribution >= 4 is 46.2 Å². The Morgan fingerprint density at radius 3 is 2.71 bits per heavy atom. The van der Waals surface area contributed by atoms with Crippen molar-refractivity contribution < 1.29 is 19.7 Å². The molecule has 2 aromatic heterocycles. The van der Waals surface area contributed by atoms with Gasteiger partial charge in [-0.25, -0.2) is 0 Å². The number of fused-ring (bicyclic) bond motifs is 1. The predicted molar refractivity (Wildman–Crippen MR) is 163 cm³/mol. The Morgan fingerprint density at radius 1 is 1.10 bits per heavy atom. The zero-order valence-electron chi connectivity index (χ0n) is 23.0. The van der Waals surface area contributed by atoms with Crippen LogP contribution >= 0.6 is 11.3 Å². The highest BCUT2D eigenvalue weighted by Gasteiger charge is 2.21. The largest absolute Gasteiger partial charge is 0.394 e. The fraction of sp³-hybridized carbons (Fsp3) is 0.333. The Balaban J connectivity index is 1.21. The molecule has 1 aliphatic carbocycles. The number of aliphatic hydroxyl groups excluding tert-OH is 2. The van der Waals surface area contributed by atoms with Gasteiger partial charge in [-0.05, 0) is 67.6 Å². The van der Waals surface area contributed by atoms with Crippen LogP contribution in [0.3, 0.4) is 0 Å². The quantitative estimate of drug-likeness (QED) is 0.206. The molecule has 218 valence electrons. The van der Waals surface area contributed by atoms with Gasteiger partial charge in [0, 0.05) is 46.2 Å². The van der Waals surface area contributed by atoms with Crippen molar-refractivity contribution in [1.29, 1.82) is 0 Å². The number of nitrogens with two attached hydrogens (primary N) is 1. The van der Waals surface area contributed by atoms with Crippen LogP contribution in [0.4, 0.5) is 29.0 Å². The van der Waals surface area contributed by atoms with Crippen LogP contribution in [0.1, 0.15) is 38.5 Å². The Labute approximate surface area is 247 Å². The molecule has 0 radical (unpaired) electrons. The van der Waals surface area contributed by atoms with Gasteiger partial charge in [0.25, 0.3) is 5.91 Å². The van der Waals surface area contributed by atoms with Crippen LogP contribution in [0, 0.1) is 0 Å². The summed E-state index contributed by atoms with van der Waals surface area (Å²) in [6, 6.07) is 15.1. The summed E-state index contributed by atoms with van der Waals surface area (Å²) >= 11 is 1.54. The van der Waals surface area contributed by atoms with Gasteiger partial charge >= 0.3 is 0 Å². The number of morpholine rings is 1. The third-order valence-corrected chi connectivity index (χ3v) is 8.76. The first kappa shape index (κ1) is 28.0. The molecule has 6 N–H and O–H groups in total. The lowest BCUT2D eigenvalue weighted by Crippen LogP contribution is -2.44. The molecule has 0 saturated carbocycles. The minimum absolute atomic E-state index is 0.0110. The van der Waals surface area contributed by atoms with E-state index in [4.69, 9.17) is 10.5 Å². The van der Waals surface area contributed by atoms with Gasteiger partial charge in [0.2, 0.25) is 11.9 Å². The molecule has 1 aliphatic heterocycles. The highest BCUT2D eigenvalue weighted by atomic mass is 32.1. The average molecular weight is 588 g/mol. The second-order valence-electron chi connectivity index (χ2n) is 10.3. The predicted octanol–water partition coefficient (Wildman–Crippen LogP) is 3.75. The van der Waals surface area contributed by atoms with Crippen LogP contribution in [-0.2, 0) is 24.2 Å². The van der Waals surface area contributed by atoms with Gasteiger partial charge in [0.15, 0.2) is 5.82 Å². The Bertz CT molecular complexity index is 1550. The summed E-state index contributed by atoms with van der Waals surface area (Å²) in [6.45, 7) is 1.59. The molecule has 4 aromatic rings. The molecule has 1 amide bonds. The number of nitrogens with zero attached hydrogens (tertiary/aromatic N) is 4. The third-order valence-electron chi connectivity index (χ3n) is 7.53. The minimum Gasteiger partial charge on any atom is -0.394 e. The van der Waals surface area contributed by atoms with Gasteiger partial charge in [0.1, 0.15) is 0 Å². The highest BCUT2D eigenvalue weighted by Crippen LogP contribution is 2.32. The van der Waals surface area contributed by atoms with E-state index in [1.54, 1.807) is 29.5 Å². The first-order valence-electron chi connectivity index (χ1n) is 14.0. The topological polar surface area (TPSA) is 159 Å². The molecular formula is C30H33N7O4S. The van der Waals surface area contributed by atoms with Crippen LogP contribution in [-0.4, -0.2) is 63.5 Å². The minimum atomic E-state index is -0.332. The Hall–Kier alpha value is -4.10. The summed E-state index contributed by atoms with van der Waals surface area (Å²) in [5.41, 5.74) is 10.6. The van der Waals surface area contributed by atoms with Crippen LogP contribution in [0.2, 0.25) is 0 Å². The van der Waals surface area contributed by atoms with Crippen molar-refractivity contribution in [1.82, 2.24) is 15.0 Å². The molecule has 0 spiro atoms. The van der Waals surface area contributed by atoms with Crippen LogP contribution in [0.5, 0.6) is 0 Å². The highest BCUT2D eigenvalue weighted by molar-refractivity contribution is 7.14. The lowest BCUT2D eigenvalue weighted by molar-refractivity contribution is 0.00357. The number of hydrogen-bond acceptors (Lipinski definition) is 11. The summed E-state index contributed by atoms with van der Waals surface area (Å²) < 4.78 is 5.54. The maximum Gasteiger partial charge on any atom is 0.265 e. The molecule has 12 heteroatoms. The van der Waals surface area contributed by atoms with Crippen molar-refractivity contribution in [2.75, 3.05) is 47.6 Å². The standard InChI is InChI=1S/C30H33N7O4S/c31-29-34-27(35-30(36-29)32-19-8-10-20(11-9-19)37-12-13-41-21(15-37)16-38)22-5-3-6-24(23(22)17-39)33-28(40)26-14-18-4-1-2-7-25(18)42-26/h3,5-6,8-11,14,21,38-39H,1-2,4,7,12-13,15-17H2,(H,33,40)(H3,31,32,34,35,36). The number of ether oxygens (including phenoxy) is 1. The molecule has 0 bridgehead atoms. The molecule has 3 heterocycles. The summed E-state index contributed by atoms with van der Waals surface area (Å²) in [5.74, 6) is 0.340. The van der Waals surface area contributed by atoms with Gasteiger partial charge < -0.3 is 36.2 Å². The number of amides is 1. The van der Waals surface area contributed by atoms with E-state index in [9.17, 15) is 15.0 Å². The second kappa shape index (κ2) is 12.4. The number of carbonyl (C=O) groups excluding carboxylic acids is 1. The number of nitrogens with one attached hydrogen (secondary N) is 2. The monoisotopic (exact) mass is 587 g/mol. The smallest absolute Gasteiger partial charge is 0.265 e. The Morgan fingerprint density at radius 2 is 1.93 bits per heavy atom. The number of hydrogen-bond donors (Lipinski definition) is 5. The maximum absolute atomic E-state index is 13.1. The van der Waals surface area contributed by atoms with E-state index in [1.165, 1.54) is 10.4 Å². The molecular weight excluding hydrogens is 554 g/mol. The normalized spacial score (nSPS) is 16.6. The van der Waals surface area contributed by atoms with E-state index in [0.717, 1.165) is 43.6 Å². The molecule has 1 saturated heterocycles. The Kier molecular flexibility index (Phi) is 8.29. The van der Waals surface area contributed by atoms with E-state index < -0.39 is 0 Å². The van der Waals surface area contributed by atoms with Crippen molar-refractivity contribution in [3.05, 3.63) is 69.4 Å². The van der Waals surface area contributed by atoms with Gasteiger partial charge in [-0.15, -0.1) is 11.3 Å². The number of anilines is 5. The van der Waals surface area contributed by atoms with E-state index in [1.807, 2.05) is 30.3 Å². The number of rotatable bonds is 8. The van der Waals surface area contributed by atoms with E-state index in [2.05, 4.69) is 30.5 Å². The molecule has 42 heavy (non-hydrogen) atoms. The number of aryl methyl sites for hydroxylation is 2. The number of carbonyl (C=O) groups is 1. The van der Waals surface area contributed by atoms with Crippen molar-refractivity contribution in [2.45, 2.75) is 38.4 Å². The van der Waals surface area contributed by atoms with Crippen LogP contribution < -0.4 is 21.3 Å². The molecule has 1 fully saturated rings. The number of nitrogen functional groups attached to an aromatic ring is 1. The lowest BCUT2D eigenvalue weighted by Gasteiger charge is -2.33. The summed E-state index contributed by atoms with van der Waals surface area (Å²) in [4.78, 5) is 30.4. The number of thiophene rings is 1. The first-order chi connectivity index (χ1) is 20.5. The van der Waals surface area contributed by atoms with Gasteiger partial charge in [-0.1, -0.05) is 12.1 Å². The van der Waals surface area contributed by atoms with Gasteiger partial charge in [-0.3, -0.25) is 4.79 Å². The van der Waals surface area contributed by atoms with Crippen molar-refractivity contribution in [2.24, 2.45) is 0 Å². The van der Waals surface area contributed by atoms with E-state index in [-0.39, 0.29) is 42.9 Å². The SMILES string of the molecule is Nc1nc(Nc2ccc(N3CCOC(CO)C3)cc2)nc(-c2cccc(NC(=O)c3cc4c(s3)CCCC4)c2CO)n1. The fourth-order valence-electron chi connectivity index (χ4n) is 5.39. The third kappa shape index (κ3) is 6.07. The average Bonchev–Trinajstić information content (AvgIpc) is 3.46. The first-order valence-corrected chi connectivity index (χ1v) is 14.8. The van der Waals surface area contributed by atoms with E-state index >= 15 is 0 Å². The molecule has 11 nitrogen and oxygen atoms in total. The molecule has 1 atom stereocenters. The maximum atomic E-state index is 13.1. The zero-order valence-corrected chi connectivity index (χ0v) is 23.9. The molecule has 1 unspecified atom stereocenters. The van der Waals surface area contributed by atoms with E-state index in [0.29, 0.717) is 34.8 Å². The molecule has 6 rings (SSSR count). The number of aromatic nitrogens is 3. The second-order valence-corrected chi connectivity index (χ2v) is 11.5. The molecule has 2 aromatic carbocycles. The number of benzene rings is 2. The summed E-state index contributed by atoms with van der Waals surface area (Å²) in [6.07, 6.45) is 4.14. The van der Waals surface area contributed by atoms with Crippen LogP contribution in [0.25, 0.3) is 11.4 Å². The van der Waals surface area contributed by atoms with Crippen LogP contribution in [0.15, 0.2) is 48.5 Å². The summed E-state index contributed by atoms with van der Waals surface area (Å²) in [7, 11) is 0. The summed E-state index contributed by atoms with van der Waals surface area (Å²) in [5, 5.41) is 25.9. The zero-order chi connectivity index (χ0) is 29.1. The van der Waals surface area contributed by atoms with Crippen molar-refractivity contribution in [3.8, 4) is 11.4 Å². The lowest BCUT2D eigenvalue weighted by atomic mass is 9.99. The van der Waals surface area contributed by atoms with Crippen molar-refractivity contribution in [3.63, 3.8) is 0 Å².